The molecule has 0 unspecified atom stereocenters. The SMILES string of the molecule is CCC(N)(CC)c1nc(-c2ccccc2)c(C)c(=O)[nH]1. The van der Waals surface area contributed by atoms with Crippen LogP contribution in [0.1, 0.15) is 38.1 Å². The van der Waals surface area contributed by atoms with E-state index >= 15 is 0 Å². The molecular weight excluding hydrogens is 250 g/mol. The van der Waals surface area contributed by atoms with E-state index in [-0.39, 0.29) is 5.56 Å². The molecule has 1 heterocycles. The summed E-state index contributed by atoms with van der Waals surface area (Å²) in [4.78, 5) is 19.6. The topological polar surface area (TPSA) is 71.8 Å². The Morgan fingerprint density at radius 3 is 2.35 bits per heavy atom. The third-order valence-corrected chi connectivity index (χ3v) is 3.93. The molecule has 2 aromatic rings. The Balaban J connectivity index is 2.66. The lowest BCUT2D eigenvalue weighted by Gasteiger charge is -2.26. The van der Waals surface area contributed by atoms with Gasteiger partial charge in [-0.2, -0.15) is 0 Å². The Labute approximate surface area is 119 Å². The third kappa shape index (κ3) is 2.51. The summed E-state index contributed by atoms with van der Waals surface area (Å²) < 4.78 is 0. The summed E-state index contributed by atoms with van der Waals surface area (Å²) in [7, 11) is 0. The van der Waals surface area contributed by atoms with E-state index in [4.69, 9.17) is 5.73 Å². The van der Waals surface area contributed by atoms with Gasteiger partial charge in [-0.15, -0.1) is 0 Å². The predicted octanol–water partition coefficient (Wildman–Crippen LogP) is 2.72. The number of rotatable bonds is 4. The molecule has 0 aliphatic carbocycles. The van der Waals surface area contributed by atoms with Crippen LogP contribution in [0, 0.1) is 6.92 Å². The number of nitrogens with two attached hydrogens (primary N) is 1. The molecule has 106 valence electrons. The first-order chi connectivity index (χ1) is 9.51. The number of nitrogens with zero attached hydrogens (tertiary/aromatic N) is 1. The zero-order valence-corrected chi connectivity index (χ0v) is 12.2. The molecule has 0 saturated carbocycles. The maximum atomic E-state index is 12.2. The van der Waals surface area contributed by atoms with Crippen LogP contribution in [0.5, 0.6) is 0 Å². The minimum absolute atomic E-state index is 0.120. The Hall–Kier alpha value is -1.94. The van der Waals surface area contributed by atoms with Crippen molar-refractivity contribution in [1.29, 1.82) is 0 Å². The maximum absolute atomic E-state index is 12.2. The molecule has 0 amide bonds. The number of hydrogen-bond donors (Lipinski definition) is 2. The van der Waals surface area contributed by atoms with Gasteiger partial charge in [0.1, 0.15) is 5.82 Å². The van der Waals surface area contributed by atoms with Gasteiger partial charge in [-0.05, 0) is 19.8 Å². The van der Waals surface area contributed by atoms with Crippen molar-refractivity contribution >= 4 is 0 Å². The lowest BCUT2D eigenvalue weighted by molar-refractivity contribution is 0.386. The van der Waals surface area contributed by atoms with E-state index in [0.29, 0.717) is 17.1 Å². The number of benzene rings is 1. The van der Waals surface area contributed by atoms with Crippen LogP contribution in [-0.4, -0.2) is 9.97 Å². The molecule has 0 spiro atoms. The van der Waals surface area contributed by atoms with Crippen molar-refractivity contribution in [2.24, 2.45) is 5.73 Å². The van der Waals surface area contributed by atoms with Gasteiger partial charge in [-0.3, -0.25) is 4.79 Å². The number of nitrogens with one attached hydrogen (secondary N) is 1. The maximum Gasteiger partial charge on any atom is 0.254 e. The Bertz CT molecular complexity index is 643. The predicted molar refractivity (Wildman–Crippen MR) is 81.5 cm³/mol. The average Bonchev–Trinajstić information content (AvgIpc) is 2.50. The van der Waals surface area contributed by atoms with E-state index in [9.17, 15) is 4.79 Å². The zero-order chi connectivity index (χ0) is 14.8. The standard InChI is InChI=1S/C16H21N3O/c1-4-16(17,5-2)15-18-13(11(3)14(20)19-15)12-9-7-6-8-10-12/h6-10H,4-5,17H2,1-3H3,(H,18,19,20). The first kappa shape index (κ1) is 14.5. The highest BCUT2D eigenvalue weighted by Crippen LogP contribution is 2.25. The second-order valence-electron chi connectivity index (χ2n) is 5.12. The molecule has 0 radical (unpaired) electrons. The summed E-state index contributed by atoms with van der Waals surface area (Å²) in [6.45, 7) is 5.80. The molecule has 0 aliphatic heterocycles. The molecule has 20 heavy (non-hydrogen) atoms. The fourth-order valence-electron chi connectivity index (χ4n) is 2.23. The van der Waals surface area contributed by atoms with Crippen LogP contribution in [0.15, 0.2) is 35.1 Å². The van der Waals surface area contributed by atoms with Crippen LogP contribution in [0.3, 0.4) is 0 Å². The fraction of sp³-hybridized carbons (Fsp3) is 0.375. The molecule has 3 N–H and O–H groups in total. The van der Waals surface area contributed by atoms with Gasteiger partial charge in [0.05, 0.1) is 11.2 Å². The normalized spacial score (nSPS) is 11.6. The van der Waals surface area contributed by atoms with Gasteiger partial charge in [-0.1, -0.05) is 44.2 Å². The van der Waals surface area contributed by atoms with Crippen LogP contribution >= 0.6 is 0 Å². The molecule has 2 rings (SSSR count). The fourth-order valence-corrected chi connectivity index (χ4v) is 2.23. The molecule has 4 heteroatoms. The van der Waals surface area contributed by atoms with Gasteiger partial charge in [0.25, 0.3) is 5.56 Å². The van der Waals surface area contributed by atoms with Crippen LogP contribution in [0.25, 0.3) is 11.3 Å². The Kier molecular flexibility index (Phi) is 4.04. The number of hydrogen-bond acceptors (Lipinski definition) is 3. The summed E-state index contributed by atoms with van der Waals surface area (Å²) in [5.74, 6) is 0.567. The lowest BCUT2D eigenvalue weighted by Crippen LogP contribution is -2.39. The van der Waals surface area contributed by atoms with E-state index < -0.39 is 5.54 Å². The first-order valence-corrected chi connectivity index (χ1v) is 6.97. The van der Waals surface area contributed by atoms with Crippen LogP contribution in [-0.2, 0) is 5.54 Å². The van der Waals surface area contributed by atoms with Gasteiger partial charge in [-0.25, -0.2) is 4.98 Å². The van der Waals surface area contributed by atoms with Crippen molar-refractivity contribution in [3.8, 4) is 11.3 Å². The highest BCUT2D eigenvalue weighted by molar-refractivity contribution is 5.62. The highest BCUT2D eigenvalue weighted by Gasteiger charge is 2.27. The zero-order valence-electron chi connectivity index (χ0n) is 12.2. The molecule has 0 saturated heterocycles. The lowest BCUT2D eigenvalue weighted by atomic mass is 9.92. The second kappa shape index (κ2) is 5.59. The van der Waals surface area contributed by atoms with Crippen molar-refractivity contribution in [3.63, 3.8) is 0 Å². The van der Waals surface area contributed by atoms with Crippen LogP contribution in [0.2, 0.25) is 0 Å². The van der Waals surface area contributed by atoms with Crippen molar-refractivity contribution in [2.75, 3.05) is 0 Å². The first-order valence-electron chi connectivity index (χ1n) is 6.97. The van der Waals surface area contributed by atoms with E-state index in [1.807, 2.05) is 44.2 Å². The summed E-state index contributed by atoms with van der Waals surface area (Å²) in [5.41, 5.74) is 7.91. The number of H-pyrrole nitrogens is 1. The van der Waals surface area contributed by atoms with Crippen LogP contribution < -0.4 is 11.3 Å². The minimum atomic E-state index is -0.587. The molecule has 1 aromatic carbocycles. The molecule has 0 fully saturated rings. The van der Waals surface area contributed by atoms with Crippen molar-refractivity contribution in [2.45, 2.75) is 39.2 Å². The summed E-state index contributed by atoms with van der Waals surface area (Å²) >= 11 is 0. The van der Waals surface area contributed by atoms with Gasteiger partial charge < -0.3 is 10.7 Å². The van der Waals surface area contributed by atoms with Gasteiger partial charge in [0.2, 0.25) is 0 Å². The van der Waals surface area contributed by atoms with E-state index in [1.54, 1.807) is 6.92 Å². The van der Waals surface area contributed by atoms with Gasteiger partial charge in [0, 0.05) is 11.1 Å². The van der Waals surface area contributed by atoms with Gasteiger partial charge >= 0.3 is 0 Å². The summed E-state index contributed by atoms with van der Waals surface area (Å²) in [5, 5.41) is 0. The molecule has 0 aliphatic rings. The van der Waals surface area contributed by atoms with E-state index in [0.717, 1.165) is 18.4 Å². The third-order valence-electron chi connectivity index (χ3n) is 3.93. The van der Waals surface area contributed by atoms with E-state index in [2.05, 4.69) is 9.97 Å². The van der Waals surface area contributed by atoms with Crippen molar-refractivity contribution in [1.82, 2.24) is 9.97 Å². The smallest absolute Gasteiger partial charge is 0.254 e. The summed E-state index contributed by atoms with van der Waals surface area (Å²) in [6, 6.07) is 9.72. The van der Waals surface area contributed by atoms with Crippen molar-refractivity contribution in [3.05, 3.63) is 52.1 Å². The number of aromatic nitrogens is 2. The second-order valence-corrected chi connectivity index (χ2v) is 5.12. The average molecular weight is 271 g/mol. The molecule has 0 bridgehead atoms. The largest absolute Gasteiger partial charge is 0.319 e. The van der Waals surface area contributed by atoms with Crippen molar-refractivity contribution < 1.29 is 0 Å². The monoisotopic (exact) mass is 271 g/mol. The molecule has 1 aromatic heterocycles. The Morgan fingerprint density at radius 2 is 1.80 bits per heavy atom. The minimum Gasteiger partial charge on any atom is -0.319 e. The molecule has 4 nitrogen and oxygen atoms in total. The summed E-state index contributed by atoms with van der Waals surface area (Å²) in [6.07, 6.45) is 1.45. The molecular formula is C16H21N3O. The van der Waals surface area contributed by atoms with Gasteiger partial charge in [0.15, 0.2) is 0 Å². The molecule has 0 atom stereocenters. The number of aromatic amines is 1. The Morgan fingerprint density at radius 1 is 1.20 bits per heavy atom. The quantitative estimate of drug-likeness (QED) is 0.898. The highest BCUT2D eigenvalue weighted by atomic mass is 16.1. The van der Waals surface area contributed by atoms with Crippen LogP contribution in [0.4, 0.5) is 0 Å². The van der Waals surface area contributed by atoms with E-state index in [1.165, 1.54) is 0 Å².